The Kier molecular flexibility index (Phi) is 26.5. The number of carbonyl (C=O) groups excluding carboxylic acids is 9. The molecular formula is C92H91F3N18O10. The Hall–Kier alpha value is -15.0. The Bertz CT molecular complexity index is 6040. The van der Waals surface area contributed by atoms with Crippen LogP contribution in [-0.2, 0) is 60.2 Å². The number of nitrogens with one attached hydrogen (secondary N) is 9. The summed E-state index contributed by atoms with van der Waals surface area (Å²) in [6.07, 6.45) is 7.62. The zero-order valence-electron chi connectivity index (χ0n) is 68.3. The number of aromatic nitrogens is 9. The van der Waals surface area contributed by atoms with E-state index in [1.165, 1.54) is 30.3 Å². The van der Waals surface area contributed by atoms with Crippen LogP contribution >= 0.6 is 0 Å². The second-order valence-corrected chi connectivity index (χ2v) is 30.4. The van der Waals surface area contributed by atoms with Crippen LogP contribution in [0, 0.1) is 31.3 Å². The monoisotopic (exact) mass is 1660 g/mol. The minimum absolute atomic E-state index is 0.00477. The van der Waals surface area contributed by atoms with Crippen LogP contribution in [0.5, 0.6) is 0 Å². The topological polar surface area (TPSA) is 357 Å². The van der Waals surface area contributed by atoms with Crippen LogP contribution in [0.25, 0.3) is 0 Å². The molecule has 28 nitrogen and oxygen atoms in total. The average Bonchev–Trinajstić information content (AvgIpc) is 1.62. The van der Waals surface area contributed by atoms with Gasteiger partial charge in [0.05, 0.1) is 56.7 Å². The molecule has 123 heavy (non-hydrogen) atoms. The van der Waals surface area contributed by atoms with Gasteiger partial charge < -0.3 is 66.7 Å². The van der Waals surface area contributed by atoms with E-state index in [0.717, 1.165) is 52.0 Å². The van der Waals surface area contributed by atoms with Crippen LogP contribution < -0.4 is 31.9 Å². The molecule has 0 bridgehead atoms. The van der Waals surface area contributed by atoms with E-state index in [0.29, 0.717) is 92.7 Å². The first kappa shape index (κ1) is 85.9. The normalized spacial score (nSPS) is 14.6. The summed E-state index contributed by atoms with van der Waals surface area (Å²) < 4.78 is 48.4. The summed E-state index contributed by atoms with van der Waals surface area (Å²) in [6.45, 7) is 24.2. The average molecular weight is 1670 g/mol. The van der Waals surface area contributed by atoms with Crippen LogP contribution in [0.3, 0.4) is 0 Å². The molecular weight excluding hydrogens is 1570 g/mol. The van der Waals surface area contributed by atoms with Crippen LogP contribution in [-0.4, -0.2) is 137 Å². The molecule has 0 saturated heterocycles. The fraction of sp³-hybridized carbons (Fsp3) is 0.217. The maximum Gasteiger partial charge on any atom is 0.276 e. The SMILES string of the molecule is C=CC(=O)NCc1cc(Cn2nc(C(=O)Nc3cccc(C)c3)c3c2[C@H](C)CN(C(=O)c2ccc[nH]2)C3)ccc1F.C=CC(=O)Nc1cc(Cn2nc(C(=O)Nc3cccc(C)c3)c3c2[C@H](C)CN(C(=O)c2ccc[nH]2)C3)ccc1F.C=CC(=O)Nc1cc(Cn2nc(C(=O)Nc3cccc([C@H](C)O)c3)c3c2[C@H](C)CN(C(=O)c2ccc[nH]2)C3)ccc1F. The lowest BCUT2D eigenvalue weighted by Gasteiger charge is -2.32. The van der Waals surface area contributed by atoms with Crippen molar-refractivity contribution in [3.63, 3.8) is 0 Å². The summed E-state index contributed by atoms with van der Waals surface area (Å²) in [5.74, 6) is -5.27. The molecule has 6 aromatic carbocycles. The molecule has 0 fully saturated rings. The third-order valence-electron chi connectivity index (χ3n) is 21.1. The number of H-pyrrole nitrogens is 3. The summed E-state index contributed by atoms with van der Waals surface area (Å²) in [6, 6.07) is 45.7. The Morgan fingerprint density at radius 1 is 0.447 bits per heavy atom. The summed E-state index contributed by atoms with van der Waals surface area (Å²) in [7, 11) is 0. The predicted molar refractivity (Wildman–Crippen MR) is 458 cm³/mol. The molecule has 10 N–H and O–H groups in total. The van der Waals surface area contributed by atoms with Crippen LogP contribution in [0.1, 0.15) is 187 Å². The van der Waals surface area contributed by atoms with Crippen molar-refractivity contribution >= 4 is 81.6 Å². The molecule has 0 saturated carbocycles. The minimum atomic E-state index is -0.709. The molecule has 4 atom stereocenters. The lowest BCUT2D eigenvalue weighted by molar-refractivity contribution is -0.116. The number of carbonyl (C=O) groups is 9. The Morgan fingerprint density at radius 3 is 1.14 bits per heavy atom. The third-order valence-corrected chi connectivity index (χ3v) is 21.1. The molecule has 0 radical (unpaired) electrons. The van der Waals surface area contributed by atoms with Crippen molar-refractivity contribution in [2.45, 2.75) is 111 Å². The number of aliphatic hydroxyl groups is 1. The second-order valence-electron chi connectivity index (χ2n) is 30.4. The smallest absolute Gasteiger partial charge is 0.276 e. The first-order valence-corrected chi connectivity index (χ1v) is 39.6. The quantitative estimate of drug-likeness (QED) is 0.0267. The number of nitrogens with zero attached hydrogens (tertiary/aromatic N) is 9. The van der Waals surface area contributed by atoms with Gasteiger partial charge in [0.25, 0.3) is 35.4 Å². The van der Waals surface area contributed by atoms with E-state index < -0.39 is 47.2 Å². The van der Waals surface area contributed by atoms with Crippen LogP contribution in [0.2, 0.25) is 0 Å². The predicted octanol–water partition coefficient (Wildman–Crippen LogP) is 14.0. The zero-order valence-corrected chi connectivity index (χ0v) is 68.3. The maximum absolute atomic E-state index is 14.5. The number of rotatable bonds is 23. The van der Waals surface area contributed by atoms with Crippen molar-refractivity contribution in [1.82, 2.24) is 64.3 Å². The number of fused-ring (bicyclic) bond motifs is 3. The van der Waals surface area contributed by atoms with Crippen molar-refractivity contribution < 1.29 is 61.4 Å². The van der Waals surface area contributed by atoms with Gasteiger partial charge in [-0.05, 0) is 182 Å². The van der Waals surface area contributed by atoms with E-state index in [1.54, 1.807) is 145 Å². The molecule has 9 heterocycles. The molecule has 0 aliphatic carbocycles. The Labute approximate surface area is 706 Å². The summed E-state index contributed by atoms with van der Waals surface area (Å²) in [5, 5.41) is 40.4. The summed E-state index contributed by atoms with van der Waals surface area (Å²) in [4.78, 5) is 129. The van der Waals surface area contributed by atoms with Crippen molar-refractivity contribution in [2.24, 2.45) is 0 Å². The van der Waals surface area contributed by atoms with Gasteiger partial charge in [-0.2, -0.15) is 15.3 Å². The standard InChI is InChI=1S/C31H31FN6O4.C31H31FN6O3.C30H29FN6O3/c1-4-27(40)35-26-13-20(10-11-24(26)32)16-38-29-18(2)15-37(31(42)25-9-6-12-33-25)17-23(29)28(36-38)30(41)34-22-8-5-7-21(14-22)19(3)39;1-4-27(39)34-15-22-14-21(10-11-25(22)32)17-38-29-20(3)16-37(31(41)26-9-6-12-33-26)18-24(29)28(36-38)30(40)35-23-8-5-7-19(2)13-23;1-4-26(38)34-25-14-20(10-11-23(25)31)16-37-28-19(3)15-36(30(40)24-9-6-12-32-24)17-22(28)27(35-37)29(39)33-21-8-5-7-18(2)13-21/h4-14,18-19,33,39H,1,15-17H2,2-3H3,(H,34,41)(H,35,40);4-14,20,33H,1,15-18H2,2-3H3,(H,34,39)(H,35,40);4-14,19,32H,1,15-17H2,2-3H3,(H,33,39)(H,34,38)/t18-,19+;20-;19-/m111/s1. The molecule has 3 aliphatic rings. The molecule has 630 valence electrons. The van der Waals surface area contributed by atoms with Gasteiger partial charge in [-0.25, -0.2) is 13.2 Å². The number of hydrogen-bond donors (Lipinski definition) is 10. The first-order chi connectivity index (χ1) is 59.1. The first-order valence-electron chi connectivity index (χ1n) is 39.6. The fourth-order valence-electron chi connectivity index (χ4n) is 15.4. The van der Waals surface area contributed by atoms with E-state index in [9.17, 15) is 61.4 Å². The molecule has 0 spiro atoms. The van der Waals surface area contributed by atoms with E-state index in [4.69, 9.17) is 10.2 Å². The highest BCUT2D eigenvalue weighted by atomic mass is 19.1. The van der Waals surface area contributed by atoms with Gasteiger partial charge in [-0.15, -0.1) is 0 Å². The number of anilines is 5. The van der Waals surface area contributed by atoms with Gasteiger partial charge in [0.1, 0.15) is 34.5 Å². The second kappa shape index (κ2) is 37.9. The van der Waals surface area contributed by atoms with Crippen molar-refractivity contribution in [3.8, 4) is 0 Å². The van der Waals surface area contributed by atoms with Gasteiger partial charge in [0, 0.05) is 119 Å². The summed E-state index contributed by atoms with van der Waals surface area (Å²) in [5.41, 5.74) is 13.2. The molecule has 6 aromatic heterocycles. The largest absolute Gasteiger partial charge is 0.389 e. The van der Waals surface area contributed by atoms with Crippen LogP contribution in [0.15, 0.2) is 220 Å². The Morgan fingerprint density at radius 2 is 0.797 bits per heavy atom. The molecule has 0 unspecified atom stereocenters. The molecule has 12 aromatic rings. The molecule has 15 rings (SSSR count). The van der Waals surface area contributed by atoms with E-state index >= 15 is 0 Å². The van der Waals surface area contributed by atoms with Crippen molar-refractivity contribution in [2.75, 3.05) is 46.2 Å². The highest BCUT2D eigenvalue weighted by Crippen LogP contribution is 2.37. The minimum Gasteiger partial charge on any atom is -0.389 e. The molecule has 9 amide bonds. The van der Waals surface area contributed by atoms with E-state index in [-0.39, 0.29) is 122 Å². The lowest BCUT2D eigenvalue weighted by atomic mass is 9.95. The van der Waals surface area contributed by atoms with Gasteiger partial charge in [0.15, 0.2) is 17.1 Å². The van der Waals surface area contributed by atoms with E-state index in [1.807, 2.05) is 77.1 Å². The van der Waals surface area contributed by atoms with Crippen LogP contribution in [0.4, 0.5) is 41.6 Å². The fourth-order valence-corrected chi connectivity index (χ4v) is 15.4. The third kappa shape index (κ3) is 20.1. The number of aliphatic hydroxyl groups excluding tert-OH is 1. The highest BCUT2D eigenvalue weighted by molar-refractivity contribution is 6.07. The number of aryl methyl sites for hydroxylation is 2. The van der Waals surface area contributed by atoms with Gasteiger partial charge in [0.2, 0.25) is 17.7 Å². The molecule has 31 heteroatoms. The Balaban J connectivity index is 0.000000159. The maximum atomic E-state index is 14.5. The van der Waals surface area contributed by atoms with Crippen molar-refractivity contribution in [1.29, 1.82) is 0 Å². The van der Waals surface area contributed by atoms with Crippen molar-refractivity contribution in [3.05, 3.63) is 345 Å². The van der Waals surface area contributed by atoms with Gasteiger partial charge in [-0.1, -0.05) is 95.1 Å². The number of halogens is 3. The molecule has 3 aliphatic heterocycles. The van der Waals surface area contributed by atoms with Gasteiger partial charge >= 0.3 is 0 Å². The summed E-state index contributed by atoms with van der Waals surface area (Å²) >= 11 is 0. The van der Waals surface area contributed by atoms with E-state index in [2.05, 4.69) is 71.7 Å². The zero-order chi connectivity index (χ0) is 87.4. The lowest BCUT2D eigenvalue weighted by Crippen LogP contribution is -2.38. The van der Waals surface area contributed by atoms with Gasteiger partial charge in [-0.3, -0.25) is 57.2 Å². The number of amides is 9. The number of aromatic amines is 3. The number of hydrogen-bond acceptors (Lipinski definition) is 13. The number of benzene rings is 6. The highest BCUT2D eigenvalue weighted by Gasteiger charge is 2.39.